The highest BCUT2D eigenvalue weighted by atomic mass is 19.4. The van der Waals surface area contributed by atoms with Gasteiger partial charge in [0.15, 0.2) is 0 Å². The maximum Gasteiger partial charge on any atom is 0.412 e. The quantitative estimate of drug-likeness (QED) is 0.205. The third kappa shape index (κ3) is 8.91. The number of alkyl halides is 3. The average Bonchev–Trinajstić information content (AvgIpc) is 2.92. The molecule has 214 valence electrons. The molecular weight excluding hydrogens is 503 g/mol. The van der Waals surface area contributed by atoms with Gasteiger partial charge in [0, 0.05) is 5.92 Å². The van der Waals surface area contributed by atoms with Crippen molar-refractivity contribution in [2.75, 3.05) is 0 Å². The number of aryl methyl sites for hydroxylation is 2. The number of hydrogen-bond donors (Lipinski definition) is 0. The van der Waals surface area contributed by atoms with E-state index in [2.05, 4.69) is 31.2 Å². The van der Waals surface area contributed by atoms with Crippen LogP contribution in [-0.2, 0) is 12.8 Å². The van der Waals surface area contributed by atoms with Crippen molar-refractivity contribution < 1.29 is 22.0 Å². The number of benzene rings is 2. The molecule has 0 N–H and O–H groups in total. The smallest absolute Gasteiger partial charge is 0.212 e. The molecule has 2 aliphatic rings. The molecule has 0 spiro atoms. The van der Waals surface area contributed by atoms with Crippen molar-refractivity contribution >= 4 is 0 Å². The van der Waals surface area contributed by atoms with Crippen molar-refractivity contribution in [3.8, 4) is 11.1 Å². The van der Waals surface area contributed by atoms with Gasteiger partial charge in [-0.25, -0.2) is 8.78 Å². The Bertz CT molecular complexity index is 1050. The van der Waals surface area contributed by atoms with Gasteiger partial charge in [0.05, 0.1) is 6.08 Å². The SMILES string of the molecule is CCCCCc1ccc(-c2ccc(CCC3CCC(C4CCC(/C(F)=C/C(F)(F)F)CC4)CC3)c(F)c2)cc1. The molecule has 2 saturated carbocycles. The standard InChI is InChI=1S/C34H43F5/c1-2-3-4-5-24-6-13-28(14-7-24)31-21-20-29(32(35)22-31)15-10-25-8-11-26(12-9-25)27-16-18-30(19-17-27)33(36)23-34(37,38)39/h6-7,13-14,20-23,25-27,30H,2-5,8-12,15-19H2,1H3/b33-23-. The zero-order chi connectivity index (χ0) is 27.8. The minimum absolute atomic E-state index is 0.128. The van der Waals surface area contributed by atoms with E-state index in [4.69, 9.17) is 0 Å². The van der Waals surface area contributed by atoms with Gasteiger partial charge >= 0.3 is 6.18 Å². The van der Waals surface area contributed by atoms with Gasteiger partial charge in [-0.1, -0.05) is 69.0 Å². The van der Waals surface area contributed by atoms with Crippen LogP contribution in [0.25, 0.3) is 11.1 Å². The molecule has 0 atom stereocenters. The van der Waals surface area contributed by atoms with Crippen molar-refractivity contribution in [2.24, 2.45) is 23.7 Å². The average molecular weight is 547 g/mol. The summed E-state index contributed by atoms with van der Waals surface area (Å²) in [4.78, 5) is 0. The van der Waals surface area contributed by atoms with Crippen molar-refractivity contribution in [2.45, 2.75) is 103 Å². The number of allylic oxidation sites excluding steroid dienone is 2. The molecule has 0 heterocycles. The summed E-state index contributed by atoms with van der Waals surface area (Å²) in [6.45, 7) is 2.21. The minimum Gasteiger partial charge on any atom is -0.212 e. The van der Waals surface area contributed by atoms with Crippen LogP contribution >= 0.6 is 0 Å². The first kappa shape index (κ1) is 29.8. The Kier molecular flexibility index (Phi) is 10.7. The Balaban J connectivity index is 1.20. The summed E-state index contributed by atoms with van der Waals surface area (Å²) in [6, 6.07) is 14.1. The van der Waals surface area contributed by atoms with E-state index in [1.54, 1.807) is 6.07 Å². The molecule has 0 bridgehead atoms. The highest BCUT2D eigenvalue weighted by molar-refractivity contribution is 5.64. The normalized spacial score (nSPS) is 24.6. The third-order valence-corrected chi connectivity index (χ3v) is 9.25. The fourth-order valence-electron chi connectivity index (χ4n) is 6.82. The van der Waals surface area contributed by atoms with Gasteiger partial charge in [0.2, 0.25) is 0 Å². The van der Waals surface area contributed by atoms with Crippen molar-refractivity contribution in [3.63, 3.8) is 0 Å². The number of unbranched alkanes of at least 4 members (excludes halogenated alkanes) is 2. The molecule has 0 radical (unpaired) electrons. The monoisotopic (exact) mass is 546 g/mol. The first-order chi connectivity index (χ1) is 18.7. The van der Waals surface area contributed by atoms with E-state index < -0.39 is 17.9 Å². The van der Waals surface area contributed by atoms with Crippen LogP contribution in [0.4, 0.5) is 22.0 Å². The van der Waals surface area contributed by atoms with Gasteiger partial charge in [-0.2, -0.15) is 13.2 Å². The summed E-state index contributed by atoms with van der Waals surface area (Å²) >= 11 is 0. The molecule has 39 heavy (non-hydrogen) atoms. The maximum absolute atomic E-state index is 15.0. The van der Waals surface area contributed by atoms with Crippen LogP contribution in [0.15, 0.2) is 54.4 Å². The van der Waals surface area contributed by atoms with E-state index in [1.165, 1.54) is 24.8 Å². The van der Waals surface area contributed by atoms with Crippen molar-refractivity contribution in [3.05, 3.63) is 71.3 Å². The highest BCUT2D eigenvalue weighted by Gasteiger charge is 2.34. The topological polar surface area (TPSA) is 0 Å². The van der Waals surface area contributed by atoms with E-state index in [0.717, 1.165) is 74.5 Å². The second kappa shape index (κ2) is 13.9. The summed E-state index contributed by atoms with van der Waals surface area (Å²) in [5, 5.41) is 0. The summed E-state index contributed by atoms with van der Waals surface area (Å²) < 4.78 is 66.3. The largest absolute Gasteiger partial charge is 0.412 e. The Hall–Kier alpha value is -2.17. The van der Waals surface area contributed by atoms with Crippen LogP contribution in [0.1, 0.15) is 95.1 Å². The lowest BCUT2D eigenvalue weighted by Gasteiger charge is -2.37. The lowest BCUT2D eigenvalue weighted by molar-refractivity contribution is -0.0821. The van der Waals surface area contributed by atoms with Crippen molar-refractivity contribution in [1.82, 2.24) is 0 Å². The Morgan fingerprint density at radius 3 is 2.00 bits per heavy atom. The molecule has 5 heteroatoms. The summed E-state index contributed by atoms with van der Waals surface area (Å²) in [5.41, 5.74) is 4.08. The Labute approximate surface area is 231 Å². The van der Waals surface area contributed by atoms with Gasteiger partial charge < -0.3 is 0 Å². The molecule has 0 aliphatic heterocycles. The van der Waals surface area contributed by atoms with Crippen LogP contribution in [0.5, 0.6) is 0 Å². The lowest BCUT2D eigenvalue weighted by atomic mass is 9.68. The van der Waals surface area contributed by atoms with E-state index in [1.807, 2.05) is 12.1 Å². The highest BCUT2D eigenvalue weighted by Crippen LogP contribution is 2.44. The summed E-state index contributed by atoms with van der Waals surface area (Å²) in [5.74, 6) is -0.0286. The van der Waals surface area contributed by atoms with E-state index in [-0.39, 0.29) is 11.9 Å². The lowest BCUT2D eigenvalue weighted by Crippen LogP contribution is -2.26. The molecule has 0 aromatic heterocycles. The second-order valence-electron chi connectivity index (χ2n) is 12.0. The molecule has 0 saturated heterocycles. The molecule has 4 rings (SSSR count). The molecule has 0 nitrogen and oxygen atoms in total. The fourth-order valence-corrected chi connectivity index (χ4v) is 6.82. The molecule has 2 fully saturated rings. The van der Waals surface area contributed by atoms with Crippen molar-refractivity contribution in [1.29, 1.82) is 0 Å². The van der Waals surface area contributed by atoms with Crippen LogP contribution in [0.2, 0.25) is 0 Å². The molecule has 2 aromatic rings. The first-order valence-corrected chi connectivity index (χ1v) is 15.0. The van der Waals surface area contributed by atoms with E-state index >= 15 is 0 Å². The number of hydrogen-bond acceptors (Lipinski definition) is 0. The molecule has 0 unspecified atom stereocenters. The summed E-state index contributed by atoms with van der Waals surface area (Å²) in [7, 11) is 0. The van der Waals surface area contributed by atoms with Gasteiger partial charge in [0.1, 0.15) is 11.6 Å². The van der Waals surface area contributed by atoms with Crippen LogP contribution < -0.4 is 0 Å². The van der Waals surface area contributed by atoms with Crippen LogP contribution in [0, 0.1) is 29.5 Å². The predicted molar refractivity (Wildman–Crippen MR) is 150 cm³/mol. The molecule has 2 aromatic carbocycles. The number of halogens is 5. The van der Waals surface area contributed by atoms with Gasteiger partial charge in [0.25, 0.3) is 0 Å². The second-order valence-corrected chi connectivity index (χ2v) is 12.0. The van der Waals surface area contributed by atoms with Crippen LogP contribution in [0.3, 0.4) is 0 Å². The molecular formula is C34H43F5. The molecule has 0 amide bonds. The summed E-state index contributed by atoms with van der Waals surface area (Å²) in [6.07, 6.45) is 8.89. The molecule has 2 aliphatic carbocycles. The van der Waals surface area contributed by atoms with Gasteiger partial charge in [-0.05, 0) is 110 Å². The third-order valence-electron chi connectivity index (χ3n) is 9.25. The minimum atomic E-state index is -4.58. The van der Waals surface area contributed by atoms with E-state index in [0.29, 0.717) is 30.6 Å². The first-order valence-electron chi connectivity index (χ1n) is 15.0. The van der Waals surface area contributed by atoms with Gasteiger partial charge in [-0.15, -0.1) is 0 Å². The number of rotatable bonds is 10. The van der Waals surface area contributed by atoms with Gasteiger partial charge in [-0.3, -0.25) is 0 Å². The Morgan fingerprint density at radius 1 is 0.795 bits per heavy atom. The van der Waals surface area contributed by atoms with Crippen LogP contribution in [-0.4, -0.2) is 6.18 Å². The zero-order valence-electron chi connectivity index (χ0n) is 23.2. The zero-order valence-corrected chi connectivity index (χ0v) is 23.2. The fraction of sp³-hybridized carbons (Fsp3) is 0.588. The predicted octanol–water partition coefficient (Wildman–Crippen LogP) is 11.2. The Morgan fingerprint density at radius 2 is 1.41 bits per heavy atom. The van der Waals surface area contributed by atoms with E-state index in [9.17, 15) is 22.0 Å². The maximum atomic E-state index is 15.0.